The fourth-order valence-electron chi connectivity index (χ4n) is 7.59. The van der Waals surface area contributed by atoms with E-state index in [9.17, 15) is 19.2 Å². The van der Waals surface area contributed by atoms with Crippen molar-refractivity contribution in [2.75, 3.05) is 20.4 Å². The third-order valence-corrected chi connectivity index (χ3v) is 16.5. The fourth-order valence-corrected chi connectivity index (χ4v) is 11.4. The van der Waals surface area contributed by atoms with Crippen LogP contribution in [-0.4, -0.2) is 75.0 Å². The van der Waals surface area contributed by atoms with E-state index >= 15 is 0 Å². The second kappa shape index (κ2) is 20.6. The van der Waals surface area contributed by atoms with Crippen LogP contribution >= 0.6 is 45.8 Å². The first-order valence-electron chi connectivity index (χ1n) is 20.8. The Hall–Kier alpha value is -4.42. The van der Waals surface area contributed by atoms with Crippen molar-refractivity contribution in [2.45, 2.75) is 85.0 Å². The van der Waals surface area contributed by atoms with E-state index in [2.05, 4.69) is 79.4 Å². The molecule has 10 nitrogen and oxygen atoms in total. The summed E-state index contributed by atoms with van der Waals surface area (Å²) in [6, 6.07) is 23.0. The Morgan fingerprint density at radius 3 is 1.70 bits per heavy atom. The van der Waals surface area contributed by atoms with Crippen molar-refractivity contribution in [2.24, 2.45) is 0 Å². The highest BCUT2D eigenvalue weighted by Crippen LogP contribution is 2.36. The number of fused-ring (bicyclic) bond motifs is 2. The van der Waals surface area contributed by atoms with Gasteiger partial charge in [0, 0.05) is 55.2 Å². The summed E-state index contributed by atoms with van der Waals surface area (Å²) in [5.74, 6) is 1.02. The van der Waals surface area contributed by atoms with E-state index < -0.39 is 16.1 Å². The maximum absolute atomic E-state index is 13.4. The van der Waals surface area contributed by atoms with Crippen LogP contribution in [0.5, 0.6) is 11.5 Å². The van der Waals surface area contributed by atoms with E-state index in [0.717, 1.165) is 54.3 Å². The van der Waals surface area contributed by atoms with Crippen LogP contribution in [0, 0.1) is 17.4 Å². The monoisotopic (exact) mass is 1040 g/mol. The van der Waals surface area contributed by atoms with Gasteiger partial charge in [-0.25, -0.2) is 0 Å². The molecule has 0 radical (unpaired) electrons. The molecule has 63 heavy (non-hydrogen) atoms. The van der Waals surface area contributed by atoms with E-state index in [4.69, 9.17) is 32.7 Å². The molecular weight excluding hydrogens is 983 g/mol. The molecule has 6 aromatic rings. The van der Waals surface area contributed by atoms with E-state index in [1.54, 1.807) is 71.9 Å². The molecule has 0 aliphatic rings. The van der Waals surface area contributed by atoms with E-state index in [1.807, 2.05) is 44.2 Å². The van der Waals surface area contributed by atoms with Gasteiger partial charge in [0.15, 0.2) is 0 Å². The van der Waals surface area contributed by atoms with Crippen molar-refractivity contribution < 1.29 is 28.7 Å². The summed E-state index contributed by atoms with van der Waals surface area (Å²) in [4.78, 5) is 52.6. The number of benzene rings is 4. The van der Waals surface area contributed by atoms with Crippen molar-refractivity contribution in [1.29, 1.82) is 0 Å². The zero-order valence-corrected chi connectivity index (χ0v) is 43.6. The van der Waals surface area contributed by atoms with Gasteiger partial charge in [-0.1, -0.05) is 69.4 Å². The summed E-state index contributed by atoms with van der Waals surface area (Å²) in [5.41, 5.74) is 5.97. The number of methoxy groups -OCH3 is 2. The number of aromatic nitrogens is 2. The molecule has 2 aromatic heterocycles. The quantitative estimate of drug-likeness (QED) is 0.0878. The highest BCUT2D eigenvalue weighted by molar-refractivity contribution is 14.1. The predicted octanol–water partition coefficient (Wildman–Crippen LogP) is 11.1. The molecule has 0 saturated heterocycles. The third kappa shape index (κ3) is 11.6. The average Bonchev–Trinajstić information content (AvgIpc) is 3.67. The van der Waals surface area contributed by atoms with Crippen LogP contribution in [0.15, 0.2) is 78.9 Å². The number of nitrogens with zero attached hydrogens (tertiary/aromatic N) is 2. The molecule has 2 N–H and O–H groups in total. The van der Waals surface area contributed by atoms with Crippen LogP contribution in [-0.2, 0) is 22.4 Å². The van der Waals surface area contributed by atoms with E-state index in [1.165, 1.54) is 0 Å². The average molecular weight is 1040 g/mol. The van der Waals surface area contributed by atoms with Crippen molar-refractivity contribution in [3.63, 3.8) is 0 Å². The molecule has 1 unspecified atom stereocenters. The second-order valence-corrected chi connectivity index (χ2v) is 30.7. The predicted molar refractivity (Wildman–Crippen MR) is 271 cm³/mol. The lowest BCUT2D eigenvalue weighted by Gasteiger charge is -2.28. The molecule has 4 aromatic carbocycles. The SMILES string of the molecule is CCC(NC(=O)Cc1c(C)n(C(=O)c2ccc(Cl)cc2)c2ccc(OC)cc12)[Si](C)(C)C.COc1ccc2c(c1I)c(CC(=O)NC[Si](C)(C)C)c(C)n2C(=O)c1ccc(Cl)cc1. The number of halogens is 3. The van der Waals surface area contributed by atoms with Gasteiger partial charge in [-0.3, -0.25) is 28.3 Å². The van der Waals surface area contributed by atoms with E-state index in [0.29, 0.717) is 38.8 Å². The lowest BCUT2D eigenvalue weighted by atomic mass is 10.1. The number of nitrogens with one attached hydrogen (secondary N) is 2. The van der Waals surface area contributed by atoms with Gasteiger partial charge in [0.1, 0.15) is 11.5 Å². The van der Waals surface area contributed by atoms with Gasteiger partial charge in [0.05, 0.1) is 57.8 Å². The Kier molecular flexibility index (Phi) is 16.2. The lowest BCUT2D eigenvalue weighted by molar-refractivity contribution is -0.121. The number of amides is 2. The largest absolute Gasteiger partial charge is 0.497 e. The molecule has 2 amide bonds. The fraction of sp³-hybridized carbons (Fsp3) is 0.333. The Balaban J connectivity index is 0.000000238. The van der Waals surface area contributed by atoms with Crippen molar-refractivity contribution in [3.8, 4) is 11.5 Å². The molecule has 0 spiro atoms. The van der Waals surface area contributed by atoms with Gasteiger partial charge in [0.2, 0.25) is 11.8 Å². The highest BCUT2D eigenvalue weighted by atomic mass is 127. The summed E-state index contributed by atoms with van der Waals surface area (Å²) in [7, 11) is 0.277. The number of rotatable bonds is 13. The maximum atomic E-state index is 13.4. The van der Waals surface area contributed by atoms with Gasteiger partial charge in [-0.15, -0.1) is 0 Å². The zero-order chi connectivity index (χ0) is 46.6. The van der Waals surface area contributed by atoms with E-state index in [-0.39, 0.29) is 42.1 Å². The number of carbonyl (C=O) groups is 4. The lowest BCUT2D eigenvalue weighted by Crippen LogP contribution is -2.50. The number of ether oxygens (including phenoxy) is 2. The van der Waals surface area contributed by atoms with Gasteiger partial charge in [0.25, 0.3) is 11.8 Å². The topological polar surface area (TPSA) is 121 Å². The van der Waals surface area contributed by atoms with Crippen LogP contribution in [0.4, 0.5) is 0 Å². The molecule has 0 aliphatic carbocycles. The number of hydrogen-bond donors (Lipinski definition) is 2. The maximum Gasteiger partial charge on any atom is 0.262 e. The van der Waals surface area contributed by atoms with Crippen LogP contribution in [0.3, 0.4) is 0 Å². The van der Waals surface area contributed by atoms with Crippen molar-refractivity contribution >= 4 is 107 Å². The second-order valence-electron chi connectivity index (χ2n) is 17.9. The summed E-state index contributed by atoms with van der Waals surface area (Å²) < 4.78 is 15.2. The normalized spacial score (nSPS) is 12.1. The first-order chi connectivity index (χ1) is 29.6. The van der Waals surface area contributed by atoms with Gasteiger partial charge in [-0.2, -0.15) is 0 Å². The Morgan fingerprint density at radius 2 is 1.21 bits per heavy atom. The first-order valence-corrected chi connectivity index (χ1v) is 29.9. The van der Waals surface area contributed by atoms with Gasteiger partial charge < -0.3 is 20.1 Å². The molecular formula is C48H57Cl2IN4O6Si2. The molecule has 0 aliphatic heterocycles. The van der Waals surface area contributed by atoms with Gasteiger partial charge in [-0.05, 0) is 133 Å². The van der Waals surface area contributed by atoms with Crippen molar-refractivity contribution in [3.05, 3.63) is 126 Å². The minimum atomic E-state index is -1.53. The molecule has 0 saturated carbocycles. The number of hydrogen-bond acceptors (Lipinski definition) is 6. The molecule has 0 fully saturated rings. The smallest absolute Gasteiger partial charge is 0.262 e. The molecule has 1 atom stereocenters. The first kappa shape index (κ1) is 49.6. The summed E-state index contributed by atoms with van der Waals surface area (Å²) in [6.07, 6.45) is 2.03. The highest BCUT2D eigenvalue weighted by Gasteiger charge is 2.29. The van der Waals surface area contributed by atoms with Crippen LogP contribution < -0.4 is 20.1 Å². The Morgan fingerprint density at radius 1 is 0.698 bits per heavy atom. The molecule has 0 bridgehead atoms. The Labute approximate surface area is 396 Å². The standard InChI is InChI=1S/C25H31ClN2O3Si.C23H26ClIN2O3Si/c1-7-24(32(4,5)6)27-23(29)15-20-16(2)28(22-13-12-19(31-3)14-21(20)22)25(30)17-8-10-18(26)11-9-17;1-14-17(12-20(28)26-13-31(3,4)5)21-18(10-11-19(30-2)22(21)25)27(14)23(29)15-6-8-16(24)9-7-15/h8-14,24H,7,15H2,1-6H3,(H,27,29);6-11H,12-13H2,1-5H3,(H,26,28). The molecule has 334 valence electrons. The van der Waals surface area contributed by atoms with Crippen LogP contribution in [0.25, 0.3) is 21.8 Å². The van der Waals surface area contributed by atoms with Crippen LogP contribution in [0.1, 0.15) is 56.6 Å². The number of carbonyl (C=O) groups excluding carboxylic acids is 4. The summed E-state index contributed by atoms with van der Waals surface area (Å²) in [6.45, 7) is 19.3. The molecule has 2 heterocycles. The minimum Gasteiger partial charge on any atom is -0.497 e. The molecule has 6 rings (SSSR count). The summed E-state index contributed by atoms with van der Waals surface area (Å²) >= 11 is 14.2. The molecule has 15 heteroatoms. The van der Waals surface area contributed by atoms with Gasteiger partial charge >= 0.3 is 0 Å². The zero-order valence-electron chi connectivity index (χ0n) is 37.9. The Bertz CT molecular complexity index is 2670. The summed E-state index contributed by atoms with van der Waals surface area (Å²) in [5, 5.41) is 9.18. The van der Waals surface area contributed by atoms with Crippen molar-refractivity contribution in [1.82, 2.24) is 19.8 Å². The van der Waals surface area contributed by atoms with Crippen LogP contribution in [0.2, 0.25) is 49.3 Å². The minimum absolute atomic E-state index is 0.0248. The third-order valence-electron chi connectivity index (χ3n) is 11.0.